The molecule has 0 radical (unpaired) electrons. The van der Waals surface area contributed by atoms with Crippen molar-refractivity contribution in [2.75, 3.05) is 0 Å². The van der Waals surface area contributed by atoms with Gasteiger partial charge in [0.1, 0.15) is 11.8 Å². The average molecular weight is 265 g/mol. The molecule has 1 N–H and O–H groups in total. The first-order valence-corrected chi connectivity index (χ1v) is 6.37. The van der Waals surface area contributed by atoms with Gasteiger partial charge in [-0.3, -0.25) is 14.9 Å². The second-order valence-corrected chi connectivity index (χ2v) is 5.18. The molecule has 2 amide bonds. The summed E-state index contributed by atoms with van der Waals surface area (Å²) < 4.78 is 0. The fourth-order valence-electron chi connectivity index (χ4n) is 3.52. The van der Waals surface area contributed by atoms with E-state index >= 15 is 0 Å². The molecule has 0 saturated carbocycles. The monoisotopic (exact) mass is 265 g/mol. The molecule has 5 heteroatoms. The first-order chi connectivity index (χ1) is 9.65. The van der Waals surface area contributed by atoms with Crippen LogP contribution in [0.1, 0.15) is 17.5 Å². The Morgan fingerprint density at radius 1 is 1.10 bits per heavy atom. The van der Waals surface area contributed by atoms with Gasteiger partial charge in [-0.1, -0.05) is 24.3 Å². The van der Waals surface area contributed by atoms with Crippen LogP contribution in [0.5, 0.6) is 0 Å². The fourth-order valence-corrected chi connectivity index (χ4v) is 3.52. The first kappa shape index (κ1) is 12.4. The second kappa shape index (κ2) is 4.18. The van der Waals surface area contributed by atoms with Gasteiger partial charge in [0.25, 0.3) is 0 Å². The number of imide groups is 1. The van der Waals surface area contributed by atoms with Crippen LogP contribution in [0.25, 0.3) is 0 Å². The molecule has 2 atom stereocenters. The van der Waals surface area contributed by atoms with Crippen molar-refractivity contribution in [3.8, 4) is 12.1 Å². The van der Waals surface area contributed by atoms with Gasteiger partial charge in [-0.05, 0) is 24.0 Å². The van der Waals surface area contributed by atoms with Crippen LogP contribution in [0.2, 0.25) is 0 Å². The number of aryl methyl sites for hydroxylation is 1. The minimum Gasteiger partial charge on any atom is -0.294 e. The van der Waals surface area contributed by atoms with Gasteiger partial charge < -0.3 is 0 Å². The number of carbonyl (C=O) groups excluding carboxylic acids is 2. The molecule has 1 aliphatic carbocycles. The Labute approximate surface area is 115 Å². The Morgan fingerprint density at radius 2 is 1.70 bits per heavy atom. The average Bonchev–Trinajstić information content (AvgIpc) is 2.80. The number of rotatable bonds is 0. The van der Waals surface area contributed by atoms with Crippen molar-refractivity contribution in [2.45, 2.75) is 18.3 Å². The van der Waals surface area contributed by atoms with Crippen molar-refractivity contribution in [2.24, 2.45) is 11.8 Å². The van der Waals surface area contributed by atoms with Gasteiger partial charge in [-0.25, -0.2) is 0 Å². The van der Waals surface area contributed by atoms with Crippen molar-refractivity contribution in [1.29, 1.82) is 10.5 Å². The van der Waals surface area contributed by atoms with Gasteiger partial charge in [-0.2, -0.15) is 10.5 Å². The molecular formula is C15H11N3O2. The molecule has 1 fully saturated rings. The SMILES string of the molecule is N#CC1C(=O)NC(=O)C(C#N)C12CCc1ccccc12. The molecule has 20 heavy (non-hydrogen) atoms. The van der Waals surface area contributed by atoms with E-state index in [9.17, 15) is 20.1 Å². The van der Waals surface area contributed by atoms with Gasteiger partial charge in [0.15, 0.2) is 0 Å². The maximum Gasteiger partial charge on any atom is 0.244 e. The number of nitriles is 2. The van der Waals surface area contributed by atoms with E-state index in [1.807, 2.05) is 36.4 Å². The first-order valence-electron chi connectivity index (χ1n) is 6.37. The Morgan fingerprint density at radius 3 is 2.30 bits per heavy atom. The Balaban J connectivity index is 2.27. The number of carbonyl (C=O) groups is 2. The Kier molecular flexibility index (Phi) is 2.59. The highest BCUT2D eigenvalue weighted by Gasteiger charge is 2.59. The number of nitrogens with zero attached hydrogens (tertiary/aromatic N) is 2. The van der Waals surface area contributed by atoms with E-state index in [-0.39, 0.29) is 0 Å². The zero-order chi connectivity index (χ0) is 14.3. The van der Waals surface area contributed by atoms with Crippen LogP contribution >= 0.6 is 0 Å². The molecular weight excluding hydrogens is 254 g/mol. The summed E-state index contributed by atoms with van der Waals surface area (Å²) >= 11 is 0. The van der Waals surface area contributed by atoms with Crippen LogP contribution in [0.15, 0.2) is 24.3 Å². The predicted molar refractivity (Wildman–Crippen MR) is 67.8 cm³/mol. The summed E-state index contributed by atoms with van der Waals surface area (Å²) in [5, 5.41) is 20.9. The third kappa shape index (κ3) is 1.35. The molecule has 1 saturated heterocycles. The number of amides is 2. The number of piperidine rings is 1. The molecule has 1 heterocycles. The molecule has 1 aliphatic heterocycles. The molecule has 1 aromatic carbocycles. The lowest BCUT2D eigenvalue weighted by atomic mass is 9.61. The van der Waals surface area contributed by atoms with Crippen LogP contribution < -0.4 is 5.32 Å². The predicted octanol–water partition coefficient (Wildman–Crippen LogP) is 0.807. The van der Waals surface area contributed by atoms with Crippen molar-refractivity contribution in [3.63, 3.8) is 0 Å². The van der Waals surface area contributed by atoms with Gasteiger partial charge in [0.05, 0.1) is 12.1 Å². The van der Waals surface area contributed by atoms with Crippen LogP contribution in [-0.2, 0) is 21.4 Å². The Bertz CT molecular complexity index is 664. The number of hydrogen-bond donors (Lipinski definition) is 1. The summed E-state index contributed by atoms with van der Waals surface area (Å²) in [5.74, 6) is -3.21. The summed E-state index contributed by atoms with van der Waals surface area (Å²) in [6, 6.07) is 11.4. The number of benzene rings is 1. The smallest absolute Gasteiger partial charge is 0.244 e. The van der Waals surface area contributed by atoms with Crippen LogP contribution in [-0.4, -0.2) is 11.8 Å². The largest absolute Gasteiger partial charge is 0.294 e. The zero-order valence-corrected chi connectivity index (χ0v) is 10.6. The molecule has 1 aromatic rings. The molecule has 2 aliphatic rings. The topological polar surface area (TPSA) is 93.8 Å². The van der Waals surface area contributed by atoms with Crippen LogP contribution in [0.4, 0.5) is 0 Å². The summed E-state index contributed by atoms with van der Waals surface area (Å²) in [6.45, 7) is 0. The summed E-state index contributed by atoms with van der Waals surface area (Å²) in [7, 11) is 0. The molecule has 0 bridgehead atoms. The molecule has 2 unspecified atom stereocenters. The molecule has 1 spiro atoms. The lowest BCUT2D eigenvalue weighted by Gasteiger charge is -2.40. The van der Waals surface area contributed by atoms with E-state index in [2.05, 4.69) is 5.32 Å². The number of nitrogens with one attached hydrogen (secondary N) is 1. The normalized spacial score (nSPS) is 31.3. The zero-order valence-electron chi connectivity index (χ0n) is 10.6. The second-order valence-electron chi connectivity index (χ2n) is 5.18. The molecule has 98 valence electrons. The van der Waals surface area contributed by atoms with Crippen molar-refractivity contribution in [1.82, 2.24) is 5.32 Å². The maximum absolute atomic E-state index is 12.0. The van der Waals surface area contributed by atoms with Crippen molar-refractivity contribution in [3.05, 3.63) is 35.4 Å². The molecule has 5 nitrogen and oxygen atoms in total. The van der Waals surface area contributed by atoms with Crippen LogP contribution in [0, 0.1) is 34.5 Å². The van der Waals surface area contributed by atoms with Gasteiger partial charge in [-0.15, -0.1) is 0 Å². The molecule has 0 aromatic heterocycles. The van der Waals surface area contributed by atoms with Gasteiger partial charge in [0, 0.05) is 5.41 Å². The summed E-state index contributed by atoms with van der Waals surface area (Å²) in [4.78, 5) is 24.0. The quantitative estimate of drug-likeness (QED) is 0.702. The van der Waals surface area contributed by atoms with Gasteiger partial charge >= 0.3 is 0 Å². The van der Waals surface area contributed by atoms with E-state index in [1.165, 1.54) is 0 Å². The maximum atomic E-state index is 12.0. The van der Waals surface area contributed by atoms with E-state index in [4.69, 9.17) is 0 Å². The third-order valence-electron chi connectivity index (χ3n) is 4.39. The fraction of sp³-hybridized carbons (Fsp3) is 0.333. The lowest BCUT2D eigenvalue weighted by Crippen LogP contribution is -2.59. The van der Waals surface area contributed by atoms with Gasteiger partial charge in [0.2, 0.25) is 11.8 Å². The summed E-state index contributed by atoms with van der Waals surface area (Å²) in [5.41, 5.74) is 0.802. The highest BCUT2D eigenvalue weighted by atomic mass is 16.2. The van der Waals surface area contributed by atoms with E-state index < -0.39 is 29.1 Å². The highest BCUT2D eigenvalue weighted by Crippen LogP contribution is 2.51. The standard InChI is InChI=1S/C15H11N3O2/c16-7-11-13(19)18-14(20)12(8-17)15(11)6-5-9-3-1-2-4-10(9)15/h1-4,11-12H,5-6H2,(H,18,19,20). The highest BCUT2D eigenvalue weighted by molar-refractivity contribution is 6.04. The van der Waals surface area contributed by atoms with Crippen molar-refractivity contribution < 1.29 is 9.59 Å². The van der Waals surface area contributed by atoms with E-state index in [0.29, 0.717) is 12.8 Å². The Hall–Kier alpha value is -2.66. The number of fused-ring (bicyclic) bond motifs is 2. The minimum atomic E-state index is -1.01. The summed E-state index contributed by atoms with van der Waals surface area (Å²) in [6.07, 6.45) is 1.15. The van der Waals surface area contributed by atoms with Crippen molar-refractivity contribution >= 4 is 11.8 Å². The third-order valence-corrected chi connectivity index (χ3v) is 4.39. The molecule has 3 rings (SSSR count). The number of hydrogen-bond acceptors (Lipinski definition) is 4. The minimum absolute atomic E-state index is 0.474. The van der Waals surface area contributed by atoms with Crippen LogP contribution in [0.3, 0.4) is 0 Å². The van der Waals surface area contributed by atoms with E-state index in [1.54, 1.807) is 0 Å². The lowest BCUT2D eigenvalue weighted by molar-refractivity contribution is -0.141. The van der Waals surface area contributed by atoms with E-state index in [0.717, 1.165) is 11.1 Å².